The van der Waals surface area contributed by atoms with Crippen LogP contribution >= 0.6 is 0 Å². The van der Waals surface area contributed by atoms with Gasteiger partial charge in [0.25, 0.3) is 0 Å². The van der Waals surface area contributed by atoms with Crippen LogP contribution in [0, 0.1) is 11.8 Å². The summed E-state index contributed by atoms with van der Waals surface area (Å²) in [6, 6.07) is 6.19. The first-order chi connectivity index (χ1) is 9.13. The summed E-state index contributed by atoms with van der Waals surface area (Å²) in [7, 11) is 1.69. The van der Waals surface area contributed by atoms with Crippen molar-refractivity contribution in [3.05, 3.63) is 29.3 Å². The number of aliphatic hydroxyl groups is 1. The number of fused-ring (bicyclic) bond motifs is 1. The predicted octanol–water partition coefficient (Wildman–Crippen LogP) is 3.66. The summed E-state index contributed by atoms with van der Waals surface area (Å²) >= 11 is 0. The number of hydrogen-bond acceptors (Lipinski definition) is 2. The van der Waals surface area contributed by atoms with E-state index in [9.17, 15) is 5.11 Å². The van der Waals surface area contributed by atoms with Crippen molar-refractivity contribution in [3.63, 3.8) is 0 Å². The van der Waals surface area contributed by atoms with Crippen LogP contribution in [0.25, 0.3) is 0 Å². The zero-order valence-electron chi connectivity index (χ0n) is 12.0. The van der Waals surface area contributed by atoms with Crippen molar-refractivity contribution in [2.75, 3.05) is 7.11 Å². The molecule has 3 rings (SSSR count). The van der Waals surface area contributed by atoms with Gasteiger partial charge in [0.1, 0.15) is 5.75 Å². The number of aryl methyl sites for hydroxylation is 1. The van der Waals surface area contributed by atoms with Crippen LogP contribution in [0.4, 0.5) is 0 Å². The summed E-state index contributed by atoms with van der Waals surface area (Å²) in [5.41, 5.74) is 1.82. The van der Waals surface area contributed by atoms with Crippen molar-refractivity contribution >= 4 is 0 Å². The quantitative estimate of drug-likeness (QED) is 0.879. The van der Waals surface area contributed by atoms with E-state index in [0.717, 1.165) is 42.9 Å². The molecule has 0 aromatic heterocycles. The lowest BCUT2D eigenvalue weighted by molar-refractivity contribution is -0.0442. The minimum Gasteiger partial charge on any atom is -0.497 e. The Labute approximate surface area is 115 Å². The monoisotopic (exact) mass is 260 g/mol. The molecule has 1 N–H and O–H groups in total. The summed E-state index contributed by atoms with van der Waals surface area (Å²) in [6.07, 6.45) is 6.78. The van der Waals surface area contributed by atoms with Crippen molar-refractivity contribution in [1.29, 1.82) is 0 Å². The van der Waals surface area contributed by atoms with Gasteiger partial charge in [0.05, 0.1) is 12.7 Å². The molecule has 0 heterocycles. The Morgan fingerprint density at radius 2 is 2.16 bits per heavy atom. The molecule has 3 unspecified atom stereocenters. The number of benzene rings is 1. The van der Waals surface area contributed by atoms with Gasteiger partial charge in [-0.2, -0.15) is 0 Å². The molecule has 0 aliphatic heterocycles. The molecule has 2 aliphatic carbocycles. The molecule has 0 spiro atoms. The zero-order valence-corrected chi connectivity index (χ0v) is 12.0. The molecule has 3 atom stereocenters. The molecular formula is C17H24O2. The van der Waals surface area contributed by atoms with Gasteiger partial charge in [-0.25, -0.2) is 0 Å². The third-order valence-corrected chi connectivity index (χ3v) is 5.17. The second-order valence-corrected chi connectivity index (χ2v) is 6.42. The maximum atomic E-state index is 11.3. The van der Waals surface area contributed by atoms with Gasteiger partial charge < -0.3 is 9.84 Å². The van der Waals surface area contributed by atoms with Crippen molar-refractivity contribution in [3.8, 4) is 5.75 Å². The molecule has 0 saturated heterocycles. The van der Waals surface area contributed by atoms with Gasteiger partial charge in [0.15, 0.2) is 0 Å². The highest BCUT2D eigenvalue weighted by molar-refractivity contribution is 5.43. The Morgan fingerprint density at radius 3 is 2.89 bits per heavy atom. The molecule has 0 bridgehead atoms. The Hall–Kier alpha value is -1.02. The molecule has 2 aliphatic rings. The third kappa shape index (κ3) is 2.16. The first kappa shape index (κ1) is 13.0. The SMILES string of the molecule is COc1ccc2c(c1)C(O)(C1CCCC(C)C1)CC2. The molecule has 1 aromatic rings. The lowest BCUT2D eigenvalue weighted by atomic mass is 9.71. The number of rotatable bonds is 2. The van der Waals surface area contributed by atoms with Crippen LogP contribution in [-0.4, -0.2) is 12.2 Å². The lowest BCUT2D eigenvalue weighted by Crippen LogP contribution is -2.35. The molecular weight excluding hydrogens is 236 g/mol. The minimum atomic E-state index is -0.613. The minimum absolute atomic E-state index is 0.421. The van der Waals surface area contributed by atoms with Gasteiger partial charge in [0.2, 0.25) is 0 Å². The van der Waals surface area contributed by atoms with Crippen molar-refractivity contribution in [2.24, 2.45) is 11.8 Å². The lowest BCUT2D eigenvalue weighted by Gasteiger charge is -2.38. The number of ether oxygens (including phenoxy) is 1. The molecule has 0 radical (unpaired) electrons. The third-order valence-electron chi connectivity index (χ3n) is 5.17. The van der Waals surface area contributed by atoms with E-state index in [0.29, 0.717) is 5.92 Å². The molecule has 2 nitrogen and oxygen atoms in total. The summed E-state index contributed by atoms with van der Waals surface area (Å²) in [4.78, 5) is 0. The average Bonchev–Trinajstić information content (AvgIpc) is 2.77. The fourth-order valence-corrected chi connectivity index (χ4v) is 4.06. The number of hydrogen-bond donors (Lipinski definition) is 1. The normalized spacial score (nSPS) is 34.1. The average molecular weight is 260 g/mol. The van der Waals surface area contributed by atoms with Crippen molar-refractivity contribution in [2.45, 2.75) is 51.0 Å². The van der Waals surface area contributed by atoms with Gasteiger partial charge in [-0.1, -0.05) is 25.8 Å². The fraction of sp³-hybridized carbons (Fsp3) is 0.647. The first-order valence-corrected chi connectivity index (χ1v) is 7.53. The fourth-order valence-electron chi connectivity index (χ4n) is 4.06. The standard InChI is InChI=1S/C17H24O2/c1-12-4-3-5-14(10-12)17(18)9-8-13-6-7-15(19-2)11-16(13)17/h6-7,11-12,14,18H,3-5,8-10H2,1-2H3. The maximum absolute atomic E-state index is 11.3. The highest BCUT2D eigenvalue weighted by atomic mass is 16.5. The van der Waals surface area contributed by atoms with E-state index in [1.807, 2.05) is 6.07 Å². The Kier molecular flexibility index (Phi) is 3.30. The summed E-state index contributed by atoms with van der Waals surface area (Å²) in [6.45, 7) is 2.32. The molecule has 104 valence electrons. The first-order valence-electron chi connectivity index (χ1n) is 7.53. The number of methoxy groups -OCH3 is 1. The molecule has 19 heavy (non-hydrogen) atoms. The van der Waals surface area contributed by atoms with E-state index in [-0.39, 0.29) is 0 Å². The van der Waals surface area contributed by atoms with Crippen LogP contribution in [0.5, 0.6) is 5.75 Å². The van der Waals surface area contributed by atoms with Crippen LogP contribution in [0.15, 0.2) is 18.2 Å². The highest BCUT2D eigenvalue weighted by Crippen LogP contribution is 2.49. The van der Waals surface area contributed by atoms with Crippen LogP contribution in [-0.2, 0) is 12.0 Å². The summed E-state index contributed by atoms with van der Waals surface area (Å²) < 4.78 is 5.33. The van der Waals surface area contributed by atoms with E-state index in [1.165, 1.54) is 18.4 Å². The van der Waals surface area contributed by atoms with Crippen LogP contribution < -0.4 is 4.74 Å². The van der Waals surface area contributed by atoms with Crippen LogP contribution in [0.1, 0.15) is 50.2 Å². The maximum Gasteiger partial charge on any atom is 0.119 e. The topological polar surface area (TPSA) is 29.5 Å². The Morgan fingerprint density at radius 1 is 1.32 bits per heavy atom. The van der Waals surface area contributed by atoms with Crippen molar-refractivity contribution < 1.29 is 9.84 Å². The molecule has 1 fully saturated rings. The van der Waals surface area contributed by atoms with E-state index in [2.05, 4.69) is 19.1 Å². The smallest absolute Gasteiger partial charge is 0.119 e. The van der Waals surface area contributed by atoms with Crippen molar-refractivity contribution in [1.82, 2.24) is 0 Å². The summed E-state index contributed by atoms with van der Waals surface area (Å²) in [5.74, 6) is 2.03. The largest absolute Gasteiger partial charge is 0.497 e. The Balaban J connectivity index is 1.94. The van der Waals surface area contributed by atoms with E-state index in [1.54, 1.807) is 7.11 Å². The summed E-state index contributed by atoms with van der Waals surface area (Å²) in [5, 5.41) is 11.3. The van der Waals surface area contributed by atoms with Gasteiger partial charge in [-0.3, -0.25) is 0 Å². The van der Waals surface area contributed by atoms with Gasteiger partial charge >= 0.3 is 0 Å². The molecule has 2 heteroatoms. The Bertz CT molecular complexity index is 468. The second-order valence-electron chi connectivity index (χ2n) is 6.42. The van der Waals surface area contributed by atoms with Crippen LogP contribution in [0.3, 0.4) is 0 Å². The van der Waals surface area contributed by atoms with E-state index < -0.39 is 5.60 Å². The molecule has 0 amide bonds. The zero-order chi connectivity index (χ0) is 13.5. The second kappa shape index (κ2) is 4.82. The van der Waals surface area contributed by atoms with Crippen LogP contribution in [0.2, 0.25) is 0 Å². The van der Waals surface area contributed by atoms with Gasteiger partial charge in [-0.05, 0) is 60.8 Å². The van der Waals surface area contributed by atoms with Gasteiger partial charge in [-0.15, -0.1) is 0 Å². The molecule has 1 saturated carbocycles. The predicted molar refractivity (Wildman–Crippen MR) is 76.3 cm³/mol. The van der Waals surface area contributed by atoms with Gasteiger partial charge in [0, 0.05) is 0 Å². The van der Waals surface area contributed by atoms with E-state index >= 15 is 0 Å². The highest BCUT2D eigenvalue weighted by Gasteiger charge is 2.44. The van der Waals surface area contributed by atoms with E-state index in [4.69, 9.17) is 4.74 Å². The molecule has 1 aromatic carbocycles.